The Morgan fingerprint density at radius 2 is 1.50 bits per heavy atom. The molecule has 0 aromatic heterocycles. The van der Waals surface area contributed by atoms with Crippen molar-refractivity contribution in [2.75, 3.05) is 17.4 Å². The number of anilines is 1. The monoisotopic (exact) mass is 565 g/mol. The van der Waals surface area contributed by atoms with Crippen molar-refractivity contribution in [1.29, 1.82) is 0 Å². The number of benzene rings is 3. The number of carbonyl (C=O) groups is 2. The highest BCUT2D eigenvalue weighted by Gasteiger charge is 2.33. The molecule has 0 heterocycles. The smallest absolute Gasteiger partial charge is 0.264 e. The van der Waals surface area contributed by atoms with Crippen LogP contribution in [0.2, 0.25) is 0 Å². The maximum absolute atomic E-state index is 13.9. The van der Waals surface area contributed by atoms with Crippen molar-refractivity contribution in [3.63, 3.8) is 0 Å². The van der Waals surface area contributed by atoms with Gasteiger partial charge in [-0.15, -0.1) is 0 Å². The molecule has 0 aliphatic heterocycles. The molecule has 212 valence electrons. The van der Waals surface area contributed by atoms with Crippen LogP contribution in [0, 0.1) is 5.82 Å². The maximum atomic E-state index is 13.9. The molecule has 40 heavy (non-hydrogen) atoms. The van der Waals surface area contributed by atoms with E-state index in [0.29, 0.717) is 12.1 Å². The lowest BCUT2D eigenvalue weighted by Crippen LogP contribution is -2.53. The number of sulfonamides is 1. The Labute approximate surface area is 236 Å². The molecule has 0 unspecified atom stereocenters. The van der Waals surface area contributed by atoms with Gasteiger partial charge >= 0.3 is 0 Å². The summed E-state index contributed by atoms with van der Waals surface area (Å²) in [4.78, 5) is 28.5. The molecule has 0 bridgehead atoms. The van der Waals surface area contributed by atoms with E-state index in [-0.39, 0.29) is 23.4 Å². The first-order valence-electron chi connectivity index (χ1n) is 13.7. The van der Waals surface area contributed by atoms with Gasteiger partial charge in [-0.25, -0.2) is 12.8 Å². The topological polar surface area (TPSA) is 86.8 Å². The van der Waals surface area contributed by atoms with Gasteiger partial charge in [0.25, 0.3) is 10.0 Å². The molecular weight excluding hydrogens is 529 g/mol. The predicted octanol–water partition coefficient (Wildman–Crippen LogP) is 4.93. The summed E-state index contributed by atoms with van der Waals surface area (Å²) >= 11 is 0. The lowest BCUT2D eigenvalue weighted by molar-refractivity contribution is -0.139. The number of hydrogen-bond donors (Lipinski definition) is 1. The van der Waals surface area contributed by atoms with E-state index in [0.717, 1.165) is 54.1 Å². The first kappa shape index (κ1) is 29.3. The van der Waals surface area contributed by atoms with Gasteiger partial charge in [-0.3, -0.25) is 13.9 Å². The molecule has 1 fully saturated rings. The van der Waals surface area contributed by atoms with Crippen LogP contribution in [0.5, 0.6) is 0 Å². The van der Waals surface area contributed by atoms with E-state index in [1.165, 1.54) is 17.0 Å². The highest BCUT2D eigenvalue weighted by molar-refractivity contribution is 7.92. The molecular formula is C31H36FN3O4S. The molecule has 0 radical (unpaired) electrons. The fourth-order valence-electron chi connectivity index (χ4n) is 5.00. The molecule has 1 N–H and O–H groups in total. The minimum Gasteiger partial charge on any atom is -0.352 e. The number of nitrogens with one attached hydrogen (secondary N) is 1. The van der Waals surface area contributed by atoms with Crippen LogP contribution >= 0.6 is 0 Å². The number of hydrogen-bond acceptors (Lipinski definition) is 4. The van der Waals surface area contributed by atoms with E-state index in [2.05, 4.69) is 5.32 Å². The van der Waals surface area contributed by atoms with Gasteiger partial charge in [0.2, 0.25) is 11.8 Å². The van der Waals surface area contributed by atoms with Crippen molar-refractivity contribution < 1.29 is 22.4 Å². The second-order valence-corrected chi connectivity index (χ2v) is 12.0. The van der Waals surface area contributed by atoms with Crippen molar-refractivity contribution in [1.82, 2.24) is 10.2 Å². The normalized spacial score (nSPS) is 14.8. The van der Waals surface area contributed by atoms with Crippen LogP contribution in [0.1, 0.15) is 44.6 Å². The van der Waals surface area contributed by atoms with Crippen LogP contribution in [0.3, 0.4) is 0 Å². The van der Waals surface area contributed by atoms with Crippen molar-refractivity contribution >= 4 is 27.5 Å². The van der Waals surface area contributed by atoms with E-state index < -0.39 is 34.3 Å². The minimum absolute atomic E-state index is 0.0782. The molecule has 1 atom stereocenters. The molecule has 1 aliphatic rings. The van der Waals surface area contributed by atoms with Gasteiger partial charge in [0.05, 0.1) is 10.6 Å². The molecule has 9 heteroatoms. The SMILES string of the molecule is C[C@@H](C(=O)NC1CCCCC1)N(CCc1ccccc1)C(=O)CN(c1ccccc1)S(=O)(=O)c1ccc(F)cc1. The lowest BCUT2D eigenvalue weighted by Gasteiger charge is -2.33. The highest BCUT2D eigenvalue weighted by atomic mass is 32.2. The van der Waals surface area contributed by atoms with Gasteiger partial charge in [-0.05, 0) is 68.1 Å². The molecule has 2 amide bonds. The second kappa shape index (κ2) is 13.6. The first-order chi connectivity index (χ1) is 19.3. The zero-order valence-corrected chi connectivity index (χ0v) is 23.5. The van der Waals surface area contributed by atoms with Crippen molar-refractivity contribution in [2.45, 2.75) is 62.4 Å². The van der Waals surface area contributed by atoms with E-state index in [9.17, 15) is 22.4 Å². The first-order valence-corrected chi connectivity index (χ1v) is 15.2. The number of amides is 2. The Balaban J connectivity index is 1.61. The van der Waals surface area contributed by atoms with Crippen molar-refractivity contribution in [3.8, 4) is 0 Å². The second-order valence-electron chi connectivity index (χ2n) is 10.1. The standard InChI is InChI=1S/C31H36FN3O4S/c1-24(31(37)33-27-13-7-3-8-14-27)34(22-21-25-11-5-2-6-12-25)30(36)23-35(28-15-9-4-10-16-28)40(38,39)29-19-17-26(32)18-20-29/h2,4-6,9-12,15-20,24,27H,3,7-8,13-14,21-23H2,1H3,(H,33,37)/t24-/m0/s1. The lowest BCUT2D eigenvalue weighted by atomic mass is 9.95. The number of nitrogens with zero attached hydrogens (tertiary/aromatic N) is 2. The predicted molar refractivity (Wildman–Crippen MR) is 154 cm³/mol. The van der Waals surface area contributed by atoms with E-state index in [4.69, 9.17) is 0 Å². The molecule has 1 saturated carbocycles. The third-order valence-corrected chi connectivity index (χ3v) is 9.12. The quantitative estimate of drug-likeness (QED) is 0.357. The van der Waals surface area contributed by atoms with Crippen LogP contribution in [0.25, 0.3) is 0 Å². The van der Waals surface area contributed by atoms with Crippen LogP contribution in [-0.2, 0) is 26.0 Å². The van der Waals surface area contributed by atoms with Crippen LogP contribution in [0.4, 0.5) is 10.1 Å². The van der Waals surface area contributed by atoms with Gasteiger partial charge in [0, 0.05) is 12.6 Å². The van der Waals surface area contributed by atoms with Gasteiger partial charge < -0.3 is 10.2 Å². The number of para-hydroxylation sites is 1. The molecule has 3 aromatic rings. The van der Waals surface area contributed by atoms with E-state index in [1.807, 2.05) is 30.3 Å². The van der Waals surface area contributed by atoms with Crippen molar-refractivity contribution in [2.24, 2.45) is 0 Å². The molecule has 3 aromatic carbocycles. The maximum Gasteiger partial charge on any atom is 0.264 e. The fourth-order valence-corrected chi connectivity index (χ4v) is 6.41. The zero-order chi connectivity index (χ0) is 28.5. The van der Waals surface area contributed by atoms with E-state index >= 15 is 0 Å². The molecule has 1 aliphatic carbocycles. The summed E-state index contributed by atoms with van der Waals surface area (Å²) in [6.07, 6.45) is 5.60. The molecule has 0 spiro atoms. The van der Waals surface area contributed by atoms with E-state index in [1.54, 1.807) is 37.3 Å². The molecule has 0 saturated heterocycles. The summed E-state index contributed by atoms with van der Waals surface area (Å²) < 4.78 is 42.0. The summed E-state index contributed by atoms with van der Waals surface area (Å²) in [5.41, 5.74) is 1.29. The zero-order valence-electron chi connectivity index (χ0n) is 22.7. The summed E-state index contributed by atoms with van der Waals surface area (Å²) in [5, 5.41) is 3.10. The largest absolute Gasteiger partial charge is 0.352 e. The third-order valence-electron chi connectivity index (χ3n) is 7.33. The average Bonchev–Trinajstić information content (AvgIpc) is 2.97. The third kappa shape index (κ3) is 7.47. The molecule has 7 nitrogen and oxygen atoms in total. The summed E-state index contributed by atoms with van der Waals surface area (Å²) in [6.45, 7) is 1.41. The fraction of sp³-hybridized carbons (Fsp3) is 0.355. The number of rotatable bonds is 11. The summed E-state index contributed by atoms with van der Waals surface area (Å²) in [6, 6.07) is 21.7. The Morgan fingerprint density at radius 1 is 0.900 bits per heavy atom. The van der Waals surface area contributed by atoms with Crippen LogP contribution < -0.4 is 9.62 Å². The number of carbonyl (C=O) groups excluding carboxylic acids is 2. The Kier molecular flexibility index (Phi) is 9.93. The summed E-state index contributed by atoms with van der Waals surface area (Å²) in [7, 11) is -4.22. The summed E-state index contributed by atoms with van der Waals surface area (Å²) in [5.74, 6) is -1.32. The Bertz CT molecular complexity index is 1360. The van der Waals surface area contributed by atoms with Gasteiger partial charge in [-0.2, -0.15) is 0 Å². The van der Waals surface area contributed by atoms with Crippen LogP contribution in [-0.4, -0.2) is 50.3 Å². The highest BCUT2D eigenvalue weighted by Crippen LogP contribution is 2.24. The van der Waals surface area contributed by atoms with Crippen LogP contribution in [0.15, 0.2) is 89.8 Å². The van der Waals surface area contributed by atoms with Gasteiger partial charge in [-0.1, -0.05) is 67.8 Å². The molecule has 4 rings (SSSR count). The van der Waals surface area contributed by atoms with Crippen molar-refractivity contribution in [3.05, 3.63) is 96.3 Å². The minimum atomic E-state index is -4.22. The average molecular weight is 566 g/mol. The Morgan fingerprint density at radius 3 is 2.12 bits per heavy atom. The van der Waals surface area contributed by atoms with Gasteiger partial charge in [0.15, 0.2) is 0 Å². The Hall–Kier alpha value is -3.72. The number of halogens is 1. The van der Waals surface area contributed by atoms with Gasteiger partial charge in [0.1, 0.15) is 18.4 Å².